The van der Waals surface area contributed by atoms with E-state index < -0.39 is 10.0 Å². The smallest absolute Gasteiger partial charge is 0.229 e. The third-order valence-corrected chi connectivity index (χ3v) is 4.19. The fourth-order valence-electron chi connectivity index (χ4n) is 1.80. The molecule has 0 spiro atoms. The molecule has 7 nitrogen and oxygen atoms in total. The maximum absolute atomic E-state index is 11.7. The van der Waals surface area contributed by atoms with Crippen LogP contribution in [0.3, 0.4) is 0 Å². The van der Waals surface area contributed by atoms with Gasteiger partial charge in [0.2, 0.25) is 21.1 Å². The summed E-state index contributed by atoms with van der Waals surface area (Å²) in [7, 11) is -3.54. The number of carbonyl (C=O) groups excluding carboxylic acids is 1. The molecule has 1 unspecified atom stereocenters. The van der Waals surface area contributed by atoms with Crippen LogP contribution < -0.4 is 10.0 Å². The lowest BCUT2D eigenvalue weighted by atomic mass is 10.1. The zero-order valence-corrected chi connectivity index (χ0v) is 10.8. The van der Waals surface area contributed by atoms with Gasteiger partial charge in [0.25, 0.3) is 0 Å². The summed E-state index contributed by atoms with van der Waals surface area (Å²) < 4.78 is 25.9. The Labute approximate surface area is 103 Å². The third-order valence-electron chi connectivity index (χ3n) is 2.42. The van der Waals surface area contributed by atoms with Gasteiger partial charge in [-0.25, -0.2) is 18.5 Å². The number of aromatic nitrogens is 2. The third kappa shape index (κ3) is 2.99. The molecule has 0 bridgehead atoms. The molecule has 1 aliphatic heterocycles. The summed E-state index contributed by atoms with van der Waals surface area (Å²) in [4.78, 5) is 17.3. The standard InChI is InChI=1S/C8H12N4O3S2/c1-5-10-8(16-11-5)12-3-6(2-7(12)13)4-17(9,14)15/h6H,2-4H2,1H3,(H2,9,14,15). The molecule has 1 amide bonds. The number of primary sulfonamides is 1. The number of nitrogens with two attached hydrogens (primary N) is 1. The molecule has 17 heavy (non-hydrogen) atoms. The zero-order chi connectivity index (χ0) is 12.6. The maximum Gasteiger partial charge on any atom is 0.229 e. The summed E-state index contributed by atoms with van der Waals surface area (Å²) >= 11 is 1.13. The van der Waals surface area contributed by atoms with Crippen molar-refractivity contribution in [3.05, 3.63) is 5.82 Å². The van der Waals surface area contributed by atoms with Crippen LogP contribution in [0, 0.1) is 12.8 Å². The minimum Gasteiger partial charge on any atom is -0.287 e. The molecule has 94 valence electrons. The fourth-order valence-corrected chi connectivity index (χ4v) is 3.39. The lowest BCUT2D eigenvalue weighted by Crippen LogP contribution is -2.27. The Bertz CT molecular complexity index is 539. The van der Waals surface area contributed by atoms with Crippen LogP contribution in [-0.2, 0) is 14.8 Å². The molecule has 1 saturated heterocycles. The highest BCUT2D eigenvalue weighted by Gasteiger charge is 2.34. The van der Waals surface area contributed by atoms with E-state index in [1.165, 1.54) is 4.90 Å². The number of amides is 1. The van der Waals surface area contributed by atoms with Crippen molar-refractivity contribution in [2.75, 3.05) is 17.2 Å². The lowest BCUT2D eigenvalue weighted by molar-refractivity contribution is -0.117. The second kappa shape index (κ2) is 4.31. The van der Waals surface area contributed by atoms with Crippen LogP contribution in [0.5, 0.6) is 0 Å². The Morgan fingerprint density at radius 1 is 1.59 bits per heavy atom. The predicted octanol–water partition coefficient (Wildman–Crippen LogP) is -0.512. The molecule has 1 atom stereocenters. The second-order valence-electron chi connectivity index (χ2n) is 4.03. The van der Waals surface area contributed by atoms with Crippen LogP contribution in [0.15, 0.2) is 0 Å². The number of aryl methyl sites for hydroxylation is 1. The van der Waals surface area contributed by atoms with Crippen molar-refractivity contribution in [1.82, 2.24) is 9.36 Å². The van der Waals surface area contributed by atoms with Crippen molar-refractivity contribution in [2.24, 2.45) is 11.1 Å². The summed E-state index contributed by atoms with van der Waals surface area (Å²) in [6.07, 6.45) is 0.190. The topological polar surface area (TPSA) is 106 Å². The van der Waals surface area contributed by atoms with Crippen LogP contribution >= 0.6 is 11.5 Å². The molecular formula is C8H12N4O3S2. The Hall–Kier alpha value is -1.06. The summed E-state index contributed by atoms with van der Waals surface area (Å²) in [5.74, 6) is 0.0386. The molecule has 1 aromatic heterocycles. The monoisotopic (exact) mass is 276 g/mol. The van der Waals surface area contributed by atoms with Crippen molar-refractivity contribution in [1.29, 1.82) is 0 Å². The SMILES string of the molecule is Cc1nsc(N2CC(CS(N)(=O)=O)CC2=O)n1. The van der Waals surface area contributed by atoms with Gasteiger partial charge in [-0.2, -0.15) is 4.37 Å². The largest absolute Gasteiger partial charge is 0.287 e. The van der Waals surface area contributed by atoms with Crippen molar-refractivity contribution in [2.45, 2.75) is 13.3 Å². The minimum absolute atomic E-state index is 0.130. The van der Waals surface area contributed by atoms with E-state index in [1.807, 2.05) is 0 Å². The number of sulfonamides is 1. The van der Waals surface area contributed by atoms with Crippen LogP contribution in [0.4, 0.5) is 5.13 Å². The van der Waals surface area contributed by atoms with Gasteiger partial charge in [0.05, 0.1) is 5.75 Å². The molecule has 1 aliphatic rings. The van der Waals surface area contributed by atoms with Crippen molar-refractivity contribution < 1.29 is 13.2 Å². The predicted molar refractivity (Wildman–Crippen MR) is 63.1 cm³/mol. The van der Waals surface area contributed by atoms with Gasteiger partial charge in [0.1, 0.15) is 5.82 Å². The number of anilines is 1. The van der Waals surface area contributed by atoms with Crippen LogP contribution in [0.1, 0.15) is 12.2 Å². The number of carbonyl (C=O) groups is 1. The van der Waals surface area contributed by atoms with Gasteiger partial charge in [-0.15, -0.1) is 0 Å². The minimum atomic E-state index is -3.54. The molecule has 2 heterocycles. The molecule has 0 aliphatic carbocycles. The average molecular weight is 276 g/mol. The van der Waals surface area contributed by atoms with Gasteiger partial charge in [-0.05, 0) is 6.92 Å². The van der Waals surface area contributed by atoms with Crippen molar-refractivity contribution in [3.63, 3.8) is 0 Å². The number of nitrogens with zero attached hydrogens (tertiary/aromatic N) is 3. The summed E-state index contributed by atoms with van der Waals surface area (Å²) in [5.41, 5.74) is 0. The molecule has 2 rings (SSSR count). The van der Waals surface area contributed by atoms with E-state index >= 15 is 0 Å². The van der Waals surface area contributed by atoms with Crippen LogP contribution in [-0.4, -0.2) is 36.0 Å². The first-order chi connectivity index (χ1) is 7.85. The average Bonchev–Trinajstić information content (AvgIpc) is 2.70. The first kappa shape index (κ1) is 12.4. The summed E-state index contributed by atoms with van der Waals surface area (Å²) in [5, 5.41) is 5.48. The molecule has 0 aromatic carbocycles. The molecule has 0 saturated carbocycles. The van der Waals surface area contributed by atoms with E-state index in [2.05, 4.69) is 9.36 Å². The van der Waals surface area contributed by atoms with Gasteiger partial charge < -0.3 is 0 Å². The molecule has 1 fully saturated rings. The van der Waals surface area contributed by atoms with Gasteiger partial charge in [0, 0.05) is 30.4 Å². The van der Waals surface area contributed by atoms with Crippen LogP contribution in [0.2, 0.25) is 0 Å². The number of hydrogen-bond acceptors (Lipinski definition) is 6. The van der Waals surface area contributed by atoms with E-state index in [4.69, 9.17) is 5.14 Å². The van der Waals surface area contributed by atoms with Gasteiger partial charge in [0.15, 0.2) is 0 Å². The van der Waals surface area contributed by atoms with E-state index in [-0.39, 0.29) is 24.0 Å². The lowest BCUT2D eigenvalue weighted by Gasteiger charge is -2.11. The molecule has 2 N–H and O–H groups in total. The first-order valence-corrected chi connectivity index (χ1v) is 7.45. The highest BCUT2D eigenvalue weighted by molar-refractivity contribution is 7.89. The first-order valence-electron chi connectivity index (χ1n) is 4.96. The van der Waals surface area contributed by atoms with E-state index in [9.17, 15) is 13.2 Å². The Balaban J connectivity index is 2.10. The van der Waals surface area contributed by atoms with Gasteiger partial charge in [-0.1, -0.05) is 0 Å². The fraction of sp³-hybridized carbons (Fsp3) is 0.625. The normalized spacial score (nSPS) is 21.2. The Morgan fingerprint density at radius 3 is 2.82 bits per heavy atom. The van der Waals surface area contributed by atoms with E-state index in [0.29, 0.717) is 17.5 Å². The second-order valence-corrected chi connectivity index (χ2v) is 6.42. The molecule has 9 heteroatoms. The zero-order valence-electron chi connectivity index (χ0n) is 9.16. The molecular weight excluding hydrogens is 264 g/mol. The van der Waals surface area contributed by atoms with Gasteiger partial charge >= 0.3 is 0 Å². The van der Waals surface area contributed by atoms with Crippen molar-refractivity contribution in [3.8, 4) is 0 Å². The maximum atomic E-state index is 11.7. The van der Waals surface area contributed by atoms with E-state index in [1.54, 1.807) is 6.92 Å². The molecule has 0 radical (unpaired) electrons. The number of hydrogen-bond donors (Lipinski definition) is 1. The van der Waals surface area contributed by atoms with Crippen LogP contribution in [0.25, 0.3) is 0 Å². The Morgan fingerprint density at radius 2 is 2.29 bits per heavy atom. The van der Waals surface area contributed by atoms with Gasteiger partial charge in [-0.3, -0.25) is 9.69 Å². The van der Waals surface area contributed by atoms with E-state index in [0.717, 1.165) is 11.5 Å². The number of rotatable bonds is 3. The Kier molecular flexibility index (Phi) is 3.15. The quantitative estimate of drug-likeness (QED) is 0.800. The highest BCUT2D eigenvalue weighted by atomic mass is 32.2. The molecule has 1 aromatic rings. The summed E-state index contributed by atoms with van der Waals surface area (Å²) in [6.45, 7) is 2.08. The summed E-state index contributed by atoms with van der Waals surface area (Å²) in [6, 6.07) is 0. The van der Waals surface area contributed by atoms with Crippen molar-refractivity contribution >= 4 is 32.6 Å². The highest BCUT2D eigenvalue weighted by Crippen LogP contribution is 2.26.